The van der Waals surface area contributed by atoms with Crippen molar-refractivity contribution in [3.8, 4) is 11.3 Å². The van der Waals surface area contributed by atoms with Crippen molar-refractivity contribution in [3.05, 3.63) is 77.5 Å². The van der Waals surface area contributed by atoms with Gasteiger partial charge in [0.05, 0.1) is 33.6 Å². The van der Waals surface area contributed by atoms with Crippen molar-refractivity contribution >= 4 is 28.6 Å². The van der Waals surface area contributed by atoms with Crippen molar-refractivity contribution in [1.29, 1.82) is 0 Å². The van der Waals surface area contributed by atoms with Crippen molar-refractivity contribution in [3.63, 3.8) is 0 Å². The van der Waals surface area contributed by atoms with E-state index in [-0.39, 0.29) is 23.6 Å². The number of carbonyl (C=O) groups is 2. The number of para-hydroxylation sites is 1. The molecule has 0 bridgehead atoms. The zero-order valence-electron chi connectivity index (χ0n) is 18.2. The van der Waals surface area contributed by atoms with Gasteiger partial charge in [0, 0.05) is 11.6 Å². The van der Waals surface area contributed by atoms with Crippen LogP contribution in [0.3, 0.4) is 0 Å². The van der Waals surface area contributed by atoms with Gasteiger partial charge >= 0.3 is 0 Å². The van der Waals surface area contributed by atoms with Gasteiger partial charge in [-0.25, -0.2) is 4.98 Å². The van der Waals surface area contributed by atoms with Gasteiger partial charge in [-0.1, -0.05) is 54.5 Å². The van der Waals surface area contributed by atoms with Crippen LogP contribution in [0.1, 0.15) is 46.7 Å². The van der Waals surface area contributed by atoms with Crippen LogP contribution in [0.25, 0.3) is 22.4 Å². The van der Waals surface area contributed by atoms with Gasteiger partial charge in [-0.2, -0.15) is 0 Å². The Morgan fingerprint density at radius 2 is 1.72 bits per heavy atom. The Balaban J connectivity index is 1.73. The molecule has 7 nitrogen and oxygen atoms in total. The van der Waals surface area contributed by atoms with E-state index in [2.05, 4.69) is 20.8 Å². The Morgan fingerprint density at radius 1 is 1.00 bits per heavy atom. The lowest BCUT2D eigenvalue weighted by Crippen LogP contribution is -2.32. The second-order valence-electron chi connectivity index (χ2n) is 7.65. The number of fused-ring (bicyclic) bond motifs is 1. The highest BCUT2D eigenvalue weighted by molar-refractivity contribution is 6.15. The van der Waals surface area contributed by atoms with E-state index < -0.39 is 0 Å². The normalized spacial score (nSPS) is 11.8. The number of nitrogens with zero attached hydrogens (tertiary/aromatic N) is 2. The minimum absolute atomic E-state index is 0.0270. The van der Waals surface area contributed by atoms with Crippen LogP contribution in [0.2, 0.25) is 0 Å². The van der Waals surface area contributed by atoms with Crippen molar-refractivity contribution in [2.45, 2.75) is 33.2 Å². The third kappa shape index (κ3) is 4.23. The molecule has 4 rings (SSSR count). The predicted molar refractivity (Wildman–Crippen MR) is 124 cm³/mol. The largest absolute Gasteiger partial charge is 0.350 e. The van der Waals surface area contributed by atoms with Gasteiger partial charge < -0.3 is 15.2 Å². The van der Waals surface area contributed by atoms with Gasteiger partial charge in [-0.15, -0.1) is 0 Å². The Labute approximate surface area is 185 Å². The molecule has 32 heavy (non-hydrogen) atoms. The van der Waals surface area contributed by atoms with E-state index in [0.29, 0.717) is 33.6 Å². The molecule has 2 N–H and O–H groups in total. The number of hydrogen-bond donors (Lipinski definition) is 2. The monoisotopic (exact) mass is 428 g/mol. The summed E-state index contributed by atoms with van der Waals surface area (Å²) in [5.74, 6) is -0.606. The van der Waals surface area contributed by atoms with Gasteiger partial charge in [0.2, 0.25) is 0 Å². The van der Waals surface area contributed by atoms with E-state index in [1.54, 1.807) is 37.3 Å². The van der Waals surface area contributed by atoms with Crippen molar-refractivity contribution < 1.29 is 14.1 Å². The summed E-state index contributed by atoms with van der Waals surface area (Å²) in [4.78, 5) is 30.6. The van der Waals surface area contributed by atoms with E-state index in [9.17, 15) is 9.59 Å². The molecule has 7 heteroatoms. The third-order valence-electron chi connectivity index (χ3n) is 5.34. The number of nitrogens with one attached hydrogen (secondary N) is 2. The SMILES string of the molecule is CCC(C)NC(=O)c1ccccc1NC(=O)c1cc(-c2ccccc2)nc2onc(C)c12. The summed E-state index contributed by atoms with van der Waals surface area (Å²) in [5, 5.41) is 10.4. The van der Waals surface area contributed by atoms with Gasteiger partial charge in [-0.05, 0) is 38.5 Å². The molecule has 162 valence electrons. The standard InChI is InChI=1S/C25H24N4O3/c1-4-15(2)26-23(30)18-12-8-9-13-20(18)27-24(31)19-14-21(17-10-6-5-7-11-17)28-25-22(19)16(3)29-32-25/h5-15H,4H2,1-3H3,(H,26,30)(H,27,31). The molecule has 0 aliphatic rings. The molecule has 1 unspecified atom stereocenters. The fourth-order valence-electron chi connectivity index (χ4n) is 3.41. The fourth-order valence-corrected chi connectivity index (χ4v) is 3.41. The molecule has 1 atom stereocenters. The van der Waals surface area contributed by atoms with E-state index in [0.717, 1.165) is 12.0 Å². The molecule has 0 radical (unpaired) electrons. The number of rotatable bonds is 6. The fraction of sp³-hybridized carbons (Fsp3) is 0.200. The number of amides is 2. The Bertz CT molecular complexity index is 1280. The van der Waals surface area contributed by atoms with Crippen LogP contribution in [0.5, 0.6) is 0 Å². The summed E-state index contributed by atoms with van der Waals surface area (Å²) in [6, 6.07) is 18.2. The zero-order valence-corrected chi connectivity index (χ0v) is 18.2. The van der Waals surface area contributed by atoms with E-state index in [1.165, 1.54) is 0 Å². The second-order valence-corrected chi connectivity index (χ2v) is 7.65. The predicted octanol–water partition coefficient (Wildman–Crippen LogP) is 4.98. The van der Waals surface area contributed by atoms with Crippen LogP contribution in [0.4, 0.5) is 5.69 Å². The summed E-state index contributed by atoms with van der Waals surface area (Å²) in [5.41, 5.74) is 3.52. The topological polar surface area (TPSA) is 97.1 Å². The summed E-state index contributed by atoms with van der Waals surface area (Å²) < 4.78 is 5.36. The molecule has 0 fully saturated rings. The van der Waals surface area contributed by atoms with Crippen molar-refractivity contribution in [2.75, 3.05) is 5.32 Å². The average molecular weight is 428 g/mol. The summed E-state index contributed by atoms with van der Waals surface area (Å²) >= 11 is 0. The molecular weight excluding hydrogens is 404 g/mol. The first-order valence-corrected chi connectivity index (χ1v) is 10.5. The number of benzene rings is 2. The summed E-state index contributed by atoms with van der Waals surface area (Å²) in [7, 11) is 0. The number of aromatic nitrogens is 2. The second kappa shape index (κ2) is 9.01. The lowest BCUT2D eigenvalue weighted by molar-refractivity contribution is 0.0940. The lowest BCUT2D eigenvalue weighted by atomic mass is 10.0. The summed E-state index contributed by atoms with van der Waals surface area (Å²) in [6.07, 6.45) is 0.810. The molecule has 2 aromatic carbocycles. The third-order valence-corrected chi connectivity index (χ3v) is 5.34. The Morgan fingerprint density at radius 3 is 2.47 bits per heavy atom. The van der Waals surface area contributed by atoms with Crippen LogP contribution in [0, 0.1) is 6.92 Å². The first kappa shape index (κ1) is 21.2. The maximum absolute atomic E-state index is 13.4. The highest BCUT2D eigenvalue weighted by atomic mass is 16.5. The smallest absolute Gasteiger partial charge is 0.259 e. The minimum Gasteiger partial charge on any atom is -0.350 e. The number of hydrogen-bond acceptors (Lipinski definition) is 5. The molecule has 2 aromatic heterocycles. The Hall–Kier alpha value is -4.00. The average Bonchev–Trinajstić information content (AvgIpc) is 3.19. The molecule has 2 amide bonds. The molecule has 0 aliphatic heterocycles. The molecule has 2 heterocycles. The van der Waals surface area contributed by atoms with Crippen LogP contribution >= 0.6 is 0 Å². The molecule has 0 aliphatic carbocycles. The maximum atomic E-state index is 13.4. The molecule has 0 spiro atoms. The maximum Gasteiger partial charge on any atom is 0.259 e. The van der Waals surface area contributed by atoms with Crippen molar-refractivity contribution in [2.24, 2.45) is 0 Å². The summed E-state index contributed by atoms with van der Waals surface area (Å²) in [6.45, 7) is 5.70. The Kier molecular flexibility index (Phi) is 5.98. The van der Waals surface area contributed by atoms with Gasteiger partial charge in [0.1, 0.15) is 0 Å². The number of carbonyl (C=O) groups excluding carboxylic acids is 2. The first-order valence-electron chi connectivity index (χ1n) is 10.5. The van der Waals surface area contributed by atoms with Crippen LogP contribution in [-0.2, 0) is 0 Å². The highest BCUT2D eigenvalue weighted by Crippen LogP contribution is 2.28. The van der Waals surface area contributed by atoms with Gasteiger partial charge in [0.15, 0.2) is 0 Å². The van der Waals surface area contributed by atoms with Crippen LogP contribution in [-0.4, -0.2) is 28.0 Å². The van der Waals surface area contributed by atoms with E-state index in [4.69, 9.17) is 4.52 Å². The lowest BCUT2D eigenvalue weighted by Gasteiger charge is -2.15. The van der Waals surface area contributed by atoms with Gasteiger partial charge in [-0.3, -0.25) is 9.59 Å². The molecule has 0 saturated carbocycles. The van der Waals surface area contributed by atoms with Crippen LogP contribution in [0.15, 0.2) is 65.2 Å². The van der Waals surface area contributed by atoms with Crippen molar-refractivity contribution in [1.82, 2.24) is 15.5 Å². The zero-order chi connectivity index (χ0) is 22.7. The number of aryl methyl sites for hydroxylation is 1. The molecular formula is C25H24N4O3. The number of anilines is 1. The minimum atomic E-state index is -0.371. The van der Waals surface area contributed by atoms with E-state index in [1.807, 2.05) is 44.2 Å². The number of pyridine rings is 1. The van der Waals surface area contributed by atoms with Crippen LogP contribution < -0.4 is 10.6 Å². The molecule has 0 saturated heterocycles. The quantitative estimate of drug-likeness (QED) is 0.451. The van der Waals surface area contributed by atoms with E-state index >= 15 is 0 Å². The molecule has 4 aromatic rings. The first-order chi connectivity index (χ1) is 15.5. The van der Waals surface area contributed by atoms with Gasteiger partial charge in [0.25, 0.3) is 17.5 Å². The highest BCUT2D eigenvalue weighted by Gasteiger charge is 2.21.